The summed E-state index contributed by atoms with van der Waals surface area (Å²) in [4.78, 5) is 40.9. The molecule has 0 saturated carbocycles. The maximum Gasteiger partial charge on any atom is 0.416 e. The van der Waals surface area contributed by atoms with E-state index in [2.05, 4.69) is 10.3 Å². The van der Waals surface area contributed by atoms with Gasteiger partial charge in [0.25, 0.3) is 11.5 Å². The monoisotopic (exact) mass is 513 g/mol. The van der Waals surface area contributed by atoms with Crippen LogP contribution in [0.2, 0.25) is 0 Å². The summed E-state index contributed by atoms with van der Waals surface area (Å²) in [6.45, 7) is 0.0760. The van der Waals surface area contributed by atoms with Crippen molar-refractivity contribution in [2.75, 3.05) is 6.54 Å². The maximum absolute atomic E-state index is 13.0. The Morgan fingerprint density at radius 2 is 1.70 bits per heavy atom. The summed E-state index contributed by atoms with van der Waals surface area (Å²) in [7, 11) is 0. The summed E-state index contributed by atoms with van der Waals surface area (Å²) >= 11 is 0. The predicted octanol–water partition coefficient (Wildman–Crippen LogP) is 3.89. The van der Waals surface area contributed by atoms with Crippen LogP contribution in [-0.2, 0) is 28.9 Å². The second kappa shape index (κ2) is 10.2. The Bertz CT molecular complexity index is 1410. The molecule has 0 saturated heterocycles. The van der Waals surface area contributed by atoms with Crippen molar-refractivity contribution in [2.24, 2.45) is 0 Å². The molecule has 1 aromatic heterocycles. The molecule has 0 radical (unpaired) electrons. The number of rotatable bonds is 7. The second-order valence-electron chi connectivity index (χ2n) is 8.42. The molecular formula is C26H22F3N3O5. The fourth-order valence-corrected chi connectivity index (χ4v) is 4.06. The number of hydrogen-bond acceptors (Lipinski definition) is 5. The number of carbonyl (C=O) groups excluding carboxylic acids is 1. The summed E-state index contributed by atoms with van der Waals surface area (Å²) < 4.78 is 38.8. The zero-order valence-corrected chi connectivity index (χ0v) is 19.3. The van der Waals surface area contributed by atoms with E-state index in [0.29, 0.717) is 5.69 Å². The van der Waals surface area contributed by atoms with Gasteiger partial charge in [-0.25, -0.2) is 0 Å². The average molecular weight is 513 g/mol. The molecule has 192 valence electrons. The topological polar surface area (TPSA) is 123 Å². The summed E-state index contributed by atoms with van der Waals surface area (Å²) in [5, 5.41) is 22.5. The van der Waals surface area contributed by atoms with E-state index in [0.717, 1.165) is 29.8 Å². The third-order valence-corrected chi connectivity index (χ3v) is 5.85. The Balaban J connectivity index is 1.75. The lowest BCUT2D eigenvalue weighted by Gasteiger charge is -2.32. The Labute approximate surface area is 208 Å². The number of alkyl halides is 3. The van der Waals surface area contributed by atoms with Crippen LogP contribution in [0.25, 0.3) is 16.9 Å². The highest BCUT2D eigenvalue weighted by atomic mass is 19.4. The summed E-state index contributed by atoms with van der Waals surface area (Å²) in [6.07, 6.45) is -4.85. The highest BCUT2D eigenvalue weighted by Crippen LogP contribution is 2.33. The van der Waals surface area contributed by atoms with Crippen LogP contribution in [0.3, 0.4) is 0 Å². The number of aromatic amines is 1. The van der Waals surface area contributed by atoms with E-state index < -0.39 is 34.9 Å². The van der Waals surface area contributed by atoms with E-state index in [9.17, 15) is 32.7 Å². The first-order chi connectivity index (χ1) is 17.5. The lowest BCUT2D eigenvalue weighted by molar-refractivity contribution is -0.138. The predicted molar refractivity (Wildman–Crippen MR) is 128 cm³/mol. The molecule has 3 aromatic rings. The van der Waals surface area contributed by atoms with Gasteiger partial charge in [-0.2, -0.15) is 13.2 Å². The number of carboxylic acid groups (broad SMARTS) is 1. The summed E-state index contributed by atoms with van der Waals surface area (Å²) in [5.41, 5.74) is -0.0698. The molecule has 0 fully saturated rings. The number of carboxylic acids is 1. The normalized spacial score (nSPS) is 13.3. The molecule has 2 aromatic carbocycles. The number of carbonyl (C=O) groups is 2. The molecule has 4 N–H and O–H groups in total. The Morgan fingerprint density at radius 3 is 2.32 bits per heavy atom. The number of nitrogens with one attached hydrogen (secondary N) is 2. The van der Waals surface area contributed by atoms with Crippen molar-refractivity contribution < 1.29 is 33.0 Å². The van der Waals surface area contributed by atoms with Crippen molar-refractivity contribution in [1.29, 1.82) is 0 Å². The SMILES string of the molecule is O=C(O)CCNC(=O)C1=C(O)c2cc(-c3ccc(C(F)(F)F)cc3)c(=O)[nH]c2CN1Cc1ccccc1. The van der Waals surface area contributed by atoms with E-state index in [-0.39, 0.29) is 48.4 Å². The minimum absolute atomic E-state index is 0.0150. The maximum atomic E-state index is 13.0. The van der Waals surface area contributed by atoms with Gasteiger partial charge in [-0.3, -0.25) is 14.4 Å². The van der Waals surface area contributed by atoms with Crippen molar-refractivity contribution in [2.45, 2.75) is 25.7 Å². The molecule has 1 amide bonds. The highest BCUT2D eigenvalue weighted by Gasteiger charge is 2.32. The van der Waals surface area contributed by atoms with Gasteiger partial charge in [-0.15, -0.1) is 0 Å². The van der Waals surface area contributed by atoms with Crippen molar-refractivity contribution in [3.63, 3.8) is 0 Å². The van der Waals surface area contributed by atoms with Crippen LogP contribution < -0.4 is 10.9 Å². The van der Waals surface area contributed by atoms with Gasteiger partial charge in [0.05, 0.1) is 18.5 Å². The molecule has 0 aliphatic carbocycles. The van der Waals surface area contributed by atoms with Crippen LogP contribution >= 0.6 is 0 Å². The lowest BCUT2D eigenvalue weighted by atomic mass is 9.97. The van der Waals surface area contributed by atoms with Gasteiger partial charge in [0.1, 0.15) is 5.70 Å². The average Bonchev–Trinajstić information content (AvgIpc) is 2.84. The van der Waals surface area contributed by atoms with Crippen LogP contribution in [-0.4, -0.2) is 38.5 Å². The Kier molecular flexibility index (Phi) is 7.05. The van der Waals surface area contributed by atoms with E-state index >= 15 is 0 Å². The molecular weight excluding hydrogens is 491 g/mol. The molecule has 8 nitrogen and oxygen atoms in total. The number of amides is 1. The van der Waals surface area contributed by atoms with Crippen LogP contribution in [0.1, 0.15) is 28.8 Å². The molecule has 37 heavy (non-hydrogen) atoms. The van der Waals surface area contributed by atoms with Crippen LogP contribution in [0, 0.1) is 0 Å². The Morgan fingerprint density at radius 1 is 1.03 bits per heavy atom. The zero-order chi connectivity index (χ0) is 26.7. The standard InChI is InChI=1S/C26H22F3N3O5/c27-26(28,29)17-8-6-16(7-9-17)18-12-19-20(31-24(18)36)14-32(13-15-4-2-1-3-5-15)22(23(19)35)25(37)30-11-10-21(33)34/h1-9,12,35H,10-11,13-14H2,(H,30,37)(H,31,36)(H,33,34). The van der Waals surface area contributed by atoms with Crippen LogP contribution in [0.4, 0.5) is 13.2 Å². The minimum atomic E-state index is -4.53. The van der Waals surface area contributed by atoms with Crippen molar-refractivity contribution in [3.8, 4) is 11.1 Å². The van der Waals surface area contributed by atoms with Gasteiger partial charge < -0.3 is 25.4 Å². The lowest BCUT2D eigenvalue weighted by Crippen LogP contribution is -2.39. The highest BCUT2D eigenvalue weighted by molar-refractivity contribution is 6.00. The molecule has 1 aliphatic heterocycles. The van der Waals surface area contributed by atoms with Crippen molar-refractivity contribution in [3.05, 3.63) is 99.1 Å². The quantitative estimate of drug-likeness (QED) is 0.380. The number of nitrogens with zero attached hydrogens (tertiary/aromatic N) is 1. The molecule has 0 atom stereocenters. The number of aliphatic carboxylic acids is 1. The molecule has 0 bridgehead atoms. The third kappa shape index (κ3) is 5.66. The summed E-state index contributed by atoms with van der Waals surface area (Å²) in [6, 6.07) is 14.4. The molecule has 0 unspecified atom stereocenters. The first-order valence-corrected chi connectivity index (χ1v) is 11.2. The third-order valence-electron chi connectivity index (χ3n) is 5.85. The van der Waals surface area contributed by atoms with Gasteiger partial charge in [-0.1, -0.05) is 42.5 Å². The van der Waals surface area contributed by atoms with Crippen LogP contribution in [0.15, 0.2) is 71.2 Å². The number of halogens is 3. The van der Waals surface area contributed by atoms with E-state index in [1.54, 1.807) is 4.90 Å². The van der Waals surface area contributed by atoms with Crippen molar-refractivity contribution >= 4 is 17.6 Å². The largest absolute Gasteiger partial charge is 0.505 e. The number of aromatic nitrogens is 1. The fraction of sp³-hybridized carbons (Fsp3) is 0.192. The number of hydrogen-bond donors (Lipinski definition) is 4. The number of aliphatic hydroxyl groups is 1. The number of aliphatic hydroxyl groups excluding tert-OH is 1. The minimum Gasteiger partial charge on any atom is -0.505 e. The van der Waals surface area contributed by atoms with Crippen LogP contribution in [0.5, 0.6) is 0 Å². The van der Waals surface area contributed by atoms with Gasteiger partial charge >= 0.3 is 12.1 Å². The fourth-order valence-electron chi connectivity index (χ4n) is 4.06. The first-order valence-electron chi connectivity index (χ1n) is 11.2. The van der Waals surface area contributed by atoms with Crippen molar-refractivity contribution in [1.82, 2.24) is 15.2 Å². The van der Waals surface area contributed by atoms with E-state index in [1.807, 2.05) is 30.3 Å². The van der Waals surface area contributed by atoms with Gasteiger partial charge in [0, 0.05) is 29.9 Å². The first kappa shape index (κ1) is 25.5. The Hall–Kier alpha value is -4.54. The van der Waals surface area contributed by atoms with E-state index in [1.165, 1.54) is 6.07 Å². The number of H-pyrrole nitrogens is 1. The number of fused-ring (bicyclic) bond motifs is 1. The van der Waals surface area contributed by atoms with Gasteiger partial charge in [0.15, 0.2) is 5.76 Å². The smallest absolute Gasteiger partial charge is 0.416 e. The number of pyridine rings is 1. The van der Waals surface area contributed by atoms with Gasteiger partial charge in [0.2, 0.25) is 0 Å². The molecule has 11 heteroatoms. The van der Waals surface area contributed by atoms with Gasteiger partial charge in [-0.05, 0) is 29.3 Å². The molecule has 0 spiro atoms. The summed E-state index contributed by atoms with van der Waals surface area (Å²) in [5.74, 6) is -2.26. The number of benzene rings is 2. The second-order valence-corrected chi connectivity index (χ2v) is 8.42. The molecule has 1 aliphatic rings. The van der Waals surface area contributed by atoms with E-state index in [4.69, 9.17) is 5.11 Å². The zero-order valence-electron chi connectivity index (χ0n) is 19.3. The molecule has 2 heterocycles. The molecule has 4 rings (SSSR count).